The summed E-state index contributed by atoms with van der Waals surface area (Å²) in [6, 6.07) is 11.8. The van der Waals surface area contributed by atoms with Gasteiger partial charge in [0.2, 0.25) is 0 Å². The number of nitrogens with zero attached hydrogens (tertiary/aromatic N) is 3. The summed E-state index contributed by atoms with van der Waals surface area (Å²) in [5, 5.41) is 16.0. The van der Waals surface area contributed by atoms with Gasteiger partial charge in [0.25, 0.3) is 0 Å². The number of halogens is 1. The van der Waals surface area contributed by atoms with Gasteiger partial charge in [-0.2, -0.15) is 5.10 Å². The van der Waals surface area contributed by atoms with Crippen LogP contribution in [0.25, 0.3) is 0 Å². The van der Waals surface area contributed by atoms with Crippen LogP contribution in [0, 0.1) is 13.8 Å². The lowest BCUT2D eigenvalue weighted by atomic mass is 9.92. The third kappa shape index (κ3) is 6.69. The van der Waals surface area contributed by atoms with Crippen molar-refractivity contribution >= 4 is 11.6 Å². The van der Waals surface area contributed by atoms with Gasteiger partial charge in [-0.25, -0.2) is 0 Å². The third-order valence-electron chi connectivity index (χ3n) is 6.48. The summed E-state index contributed by atoms with van der Waals surface area (Å²) in [4.78, 5) is 2.35. The van der Waals surface area contributed by atoms with Gasteiger partial charge in [-0.15, -0.1) is 0 Å². The zero-order valence-electron chi connectivity index (χ0n) is 20.7. The molecule has 35 heavy (non-hydrogen) atoms. The van der Waals surface area contributed by atoms with Crippen LogP contribution in [0.15, 0.2) is 48.8 Å². The number of aromatic nitrogens is 2. The summed E-state index contributed by atoms with van der Waals surface area (Å²) in [6.45, 7) is 7.74. The lowest BCUT2D eigenvalue weighted by molar-refractivity contribution is -0.0537. The highest BCUT2D eigenvalue weighted by Crippen LogP contribution is 2.31. The largest absolute Gasteiger partial charge is 0.493 e. The van der Waals surface area contributed by atoms with Crippen LogP contribution in [0.4, 0.5) is 0 Å². The van der Waals surface area contributed by atoms with Gasteiger partial charge >= 0.3 is 0 Å². The van der Waals surface area contributed by atoms with Gasteiger partial charge in [-0.1, -0.05) is 17.7 Å². The number of ether oxygens (including phenoxy) is 3. The van der Waals surface area contributed by atoms with E-state index >= 15 is 0 Å². The summed E-state index contributed by atoms with van der Waals surface area (Å²) in [7, 11) is 1.65. The highest BCUT2D eigenvalue weighted by molar-refractivity contribution is 6.32. The number of benzene rings is 2. The Labute approximate surface area is 212 Å². The quantitative estimate of drug-likeness (QED) is 0.438. The van der Waals surface area contributed by atoms with Crippen LogP contribution < -0.4 is 14.2 Å². The molecule has 8 heteroatoms. The Morgan fingerprint density at radius 1 is 1.06 bits per heavy atom. The van der Waals surface area contributed by atoms with Crippen LogP contribution in [0.3, 0.4) is 0 Å². The van der Waals surface area contributed by atoms with E-state index in [0.29, 0.717) is 31.7 Å². The SMILES string of the molecule is COc1ccc(CN2CCC(O)(COc3cc(C)c(Cl)c(C)c3)CC2)cc1OCCn1cccn1. The third-order valence-corrected chi connectivity index (χ3v) is 7.07. The van der Waals surface area contributed by atoms with Crippen LogP contribution in [-0.2, 0) is 13.1 Å². The molecular weight excluding hydrogens is 466 g/mol. The molecule has 0 spiro atoms. The Morgan fingerprint density at radius 3 is 2.46 bits per heavy atom. The number of piperidine rings is 1. The van der Waals surface area contributed by atoms with E-state index in [1.54, 1.807) is 13.3 Å². The zero-order valence-corrected chi connectivity index (χ0v) is 21.4. The van der Waals surface area contributed by atoms with E-state index in [-0.39, 0.29) is 6.61 Å². The molecule has 3 aromatic rings. The van der Waals surface area contributed by atoms with E-state index in [2.05, 4.69) is 16.1 Å². The fourth-order valence-electron chi connectivity index (χ4n) is 4.35. The lowest BCUT2D eigenvalue weighted by Crippen LogP contribution is -2.47. The van der Waals surface area contributed by atoms with Gasteiger partial charge in [0, 0.05) is 37.1 Å². The maximum atomic E-state index is 11.1. The monoisotopic (exact) mass is 499 g/mol. The van der Waals surface area contributed by atoms with Gasteiger partial charge in [0.05, 0.1) is 13.7 Å². The molecule has 188 valence electrons. The molecule has 1 aliphatic rings. The van der Waals surface area contributed by atoms with Crippen LogP contribution in [0.5, 0.6) is 17.2 Å². The zero-order chi connectivity index (χ0) is 24.8. The predicted octanol–water partition coefficient (Wildman–Crippen LogP) is 4.65. The molecule has 1 fully saturated rings. The first-order valence-corrected chi connectivity index (χ1v) is 12.3. The first-order valence-electron chi connectivity index (χ1n) is 12.0. The Morgan fingerprint density at radius 2 is 1.80 bits per heavy atom. The minimum atomic E-state index is -0.835. The van der Waals surface area contributed by atoms with Crippen molar-refractivity contribution in [2.24, 2.45) is 0 Å². The molecule has 1 saturated heterocycles. The molecule has 4 rings (SSSR count). The second kappa shape index (κ2) is 11.3. The first-order chi connectivity index (χ1) is 16.8. The molecule has 2 heterocycles. The van der Waals surface area contributed by atoms with E-state index in [0.717, 1.165) is 52.8 Å². The standard InChI is InChI=1S/C27H34ClN3O4/c1-20-15-23(16-21(2)26(20)28)35-19-27(32)7-11-30(12-8-27)18-22-5-6-24(33-3)25(17-22)34-14-13-31-10-4-9-29-31/h4-6,9-10,15-17,32H,7-8,11-14,18-19H2,1-3H3. The predicted molar refractivity (Wildman–Crippen MR) is 137 cm³/mol. The molecule has 1 aromatic heterocycles. The van der Waals surface area contributed by atoms with Crippen LogP contribution in [0.1, 0.15) is 29.5 Å². The van der Waals surface area contributed by atoms with Gasteiger partial charge in [0.15, 0.2) is 11.5 Å². The highest BCUT2D eigenvalue weighted by atomic mass is 35.5. The van der Waals surface area contributed by atoms with E-state index in [9.17, 15) is 5.11 Å². The summed E-state index contributed by atoms with van der Waals surface area (Å²) in [5.74, 6) is 2.19. The molecule has 0 amide bonds. The van der Waals surface area contributed by atoms with Crippen molar-refractivity contribution < 1.29 is 19.3 Å². The van der Waals surface area contributed by atoms with Crippen molar-refractivity contribution in [1.82, 2.24) is 14.7 Å². The number of aliphatic hydroxyl groups is 1. The number of aryl methyl sites for hydroxylation is 2. The summed E-state index contributed by atoms with van der Waals surface area (Å²) >= 11 is 6.25. The van der Waals surface area contributed by atoms with Crippen molar-refractivity contribution in [3.63, 3.8) is 0 Å². The molecule has 0 atom stereocenters. The molecule has 1 N–H and O–H groups in total. The van der Waals surface area contributed by atoms with Crippen molar-refractivity contribution in [3.05, 3.63) is 70.5 Å². The summed E-state index contributed by atoms with van der Waals surface area (Å²) < 4.78 is 19.3. The van der Waals surface area contributed by atoms with Gasteiger partial charge < -0.3 is 19.3 Å². The van der Waals surface area contributed by atoms with Crippen molar-refractivity contribution in [3.8, 4) is 17.2 Å². The van der Waals surface area contributed by atoms with Gasteiger partial charge in [-0.3, -0.25) is 9.58 Å². The normalized spacial score (nSPS) is 15.7. The molecular formula is C27H34ClN3O4. The number of hydrogen-bond acceptors (Lipinski definition) is 6. The maximum absolute atomic E-state index is 11.1. The first kappa shape index (κ1) is 25.4. The minimum absolute atomic E-state index is 0.276. The Hall–Kier alpha value is -2.74. The lowest BCUT2D eigenvalue weighted by Gasteiger charge is -2.38. The molecule has 0 bridgehead atoms. The van der Waals surface area contributed by atoms with Crippen molar-refractivity contribution in [2.75, 3.05) is 33.4 Å². The summed E-state index contributed by atoms with van der Waals surface area (Å²) in [5.41, 5.74) is 2.27. The number of hydrogen-bond donors (Lipinski definition) is 1. The number of rotatable bonds is 10. The summed E-state index contributed by atoms with van der Waals surface area (Å²) in [6.07, 6.45) is 4.98. The molecule has 2 aromatic carbocycles. The van der Waals surface area contributed by atoms with Crippen LogP contribution in [-0.4, -0.2) is 58.8 Å². The minimum Gasteiger partial charge on any atom is -0.493 e. The second-order valence-corrected chi connectivity index (χ2v) is 9.64. The van der Waals surface area contributed by atoms with E-state index < -0.39 is 5.60 Å². The average molecular weight is 500 g/mol. The molecule has 0 saturated carbocycles. The fourth-order valence-corrected chi connectivity index (χ4v) is 4.46. The number of methoxy groups -OCH3 is 1. The molecule has 7 nitrogen and oxygen atoms in total. The average Bonchev–Trinajstić information content (AvgIpc) is 3.37. The molecule has 0 radical (unpaired) electrons. The molecule has 0 unspecified atom stereocenters. The smallest absolute Gasteiger partial charge is 0.161 e. The molecule has 0 aliphatic carbocycles. The second-order valence-electron chi connectivity index (χ2n) is 9.26. The highest BCUT2D eigenvalue weighted by Gasteiger charge is 2.33. The maximum Gasteiger partial charge on any atom is 0.161 e. The van der Waals surface area contributed by atoms with E-state index in [4.69, 9.17) is 25.8 Å². The Balaban J connectivity index is 1.29. The van der Waals surface area contributed by atoms with Crippen LogP contribution in [0.2, 0.25) is 5.02 Å². The van der Waals surface area contributed by atoms with E-state index in [1.165, 1.54) is 0 Å². The van der Waals surface area contributed by atoms with Crippen LogP contribution >= 0.6 is 11.6 Å². The van der Waals surface area contributed by atoms with Gasteiger partial charge in [0.1, 0.15) is 24.6 Å². The Bertz CT molecular complexity index is 1090. The Kier molecular flexibility index (Phi) is 8.21. The van der Waals surface area contributed by atoms with Gasteiger partial charge in [-0.05, 0) is 73.7 Å². The van der Waals surface area contributed by atoms with Crippen molar-refractivity contribution in [2.45, 2.75) is 45.4 Å². The number of likely N-dealkylation sites (tertiary alicyclic amines) is 1. The van der Waals surface area contributed by atoms with Crippen molar-refractivity contribution in [1.29, 1.82) is 0 Å². The van der Waals surface area contributed by atoms with E-state index in [1.807, 2.05) is 55.1 Å². The fraction of sp³-hybridized carbons (Fsp3) is 0.444. The topological polar surface area (TPSA) is 69.0 Å². The molecule has 1 aliphatic heterocycles.